The van der Waals surface area contributed by atoms with E-state index in [1.807, 2.05) is 7.05 Å². The predicted molar refractivity (Wildman–Crippen MR) is 85.4 cm³/mol. The van der Waals surface area contributed by atoms with Crippen molar-refractivity contribution in [3.63, 3.8) is 0 Å². The third-order valence-electron chi connectivity index (χ3n) is 3.60. The first-order valence-electron chi connectivity index (χ1n) is 7.13. The van der Waals surface area contributed by atoms with E-state index in [0.29, 0.717) is 36.1 Å². The fourth-order valence-electron chi connectivity index (χ4n) is 2.45. The van der Waals surface area contributed by atoms with Crippen molar-refractivity contribution in [1.82, 2.24) is 10.6 Å². The third kappa shape index (κ3) is 3.69. The van der Waals surface area contributed by atoms with E-state index >= 15 is 0 Å². The fraction of sp³-hybridized carbons (Fsp3) is 0.467. The Labute approximate surface area is 134 Å². The molecule has 1 saturated heterocycles. The van der Waals surface area contributed by atoms with Crippen LogP contribution in [0.2, 0.25) is 5.02 Å². The molecule has 120 valence electrons. The standard InChI is InChI=1S/C15H20ClN3O3/c1-17-5-6-18-15(21)10-7-14(20)19(9-10)12-8-11(16)3-4-13(12)22-2/h3-4,8,10,17H,5-7,9H2,1-2H3,(H,18,21). The minimum absolute atomic E-state index is 0.102. The summed E-state index contributed by atoms with van der Waals surface area (Å²) in [6, 6.07) is 5.09. The number of benzene rings is 1. The number of hydrogen-bond acceptors (Lipinski definition) is 4. The number of carbonyl (C=O) groups is 2. The molecule has 1 aliphatic heterocycles. The SMILES string of the molecule is CNCCNC(=O)C1CC(=O)N(c2cc(Cl)ccc2OC)C1. The lowest BCUT2D eigenvalue weighted by Gasteiger charge is -2.19. The molecule has 0 bridgehead atoms. The van der Waals surface area contributed by atoms with Gasteiger partial charge in [-0.3, -0.25) is 9.59 Å². The molecule has 1 aliphatic rings. The van der Waals surface area contributed by atoms with Crippen molar-refractivity contribution in [3.05, 3.63) is 23.2 Å². The monoisotopic (exact) mass is 325 g/mol. The van der Waals surface area contributed by atoms with E-state index in [1.54, 1.807) is 23.1 Å². The van der Waals surface area contributed by atoms with Gasteiger partial charge in [-0.15, -0.1) is 0 Å². The minimum atomic E-state index is -0.354. The zero-order chi connectivity index (χ0) is 16.1. The van der Waals surface area contributed by atoms with Crippen LogP contribution in [0, 0.1) is 5.92 Å². The van der Waals surface area contributed by atoms with Gasteiger partial charge in [-0.05, 0) is 25.2 Å². The summed E-state index contributed by atoms with van der Waals surface area (Å²) in [5, 5.41) is 6.29. The first kappa shape index (κ1) is 16.6. The lowest BCUT2D eigenvalue weighted by molar-refractivity contribution is -0.126. The van der Waals surface area contributed by atoms with Crippen LogP contribution >= 0.6 is 11.6 Å². The molecule has 0 spiro atoms. The van der Waals surface area contributed by atoms with E-state index in [2.05, 4.69) is 10.6 Å². The summed E-state index contributed by atoms with van der Waals surface area (Å²) in [4.78, 5) is 25.9. The van der Waals surface area contributed by atoms with Crippen molar-refractivity contribution < 1.29 is 14.3 Å². The number of rotatable bonds is 6. The first-order chi connectivity index (χ1) is 10.6. The summed E-state index contributed by atoms with van der Waals surface area (Å²) in [7, 11) is 3.35. The highest BCUT2D eigenvalue weighted by atomic mass is 35.5. The summed E-state index contributed by atoms with van der Waals surface area (Å²) in [6.07, 6.45) is 0.195. The largest absolute Gasteiger partial charge is 0.495 e. The van der Waals surface area contributed by atoms with Crippen molar-refractivity contribution in [2.75, 3.05) is 38.7 Å². The highest BCUT2D eigenvalue weighted by Crippen LogP contribution is 2.35. The van der Waals surface area contributed by atoms with Crippen molar-refractivity contribution in [1.29, 1.82) is 0 Å². The predicted octanol–water partition coefficient (Wildman–Crippen LogP) is 1.04. The van der Waals surface area contributed by atoms with Crippen LogP contribution in [0.25, 0.3) is 0 Å². The number of amides is 2. The van der Waals surface area contributed by atoms with Gasteiger partial charge in [-0.1, -0.05) is 11.6 Å². The van der Waals surface area contributed by atoms with Crippen LogP contribution in [0.1, 0.15) is 6.42 Å². The minimum Gasteiger partial charge on any atom is -0.495 e. The van der Waals surface area contributed by atoms with Gasteiger partial charge in [0.1, 0.15) is 5.75 Å². The van der Waals surface area contributed by atoms with Gasteiger partial charge in [0.25, 0.3) is 0 Å². The number of halogens is 1. The summed E-state index contributed by atoms with van der Waals surface area (Å²) < 4.78 is 5.27. The molecule has 7 heteroatoms. The Hall–Kier alpha value is -1.79. The van der Waals surface area contributed by atoms with Crippen LogP contribution in [0.4, 0.5) is 5.69 Å². The summed E-state index contributed by atoms with van der Waals surface area (Å²) >= 11 is 6.00. The average molecular weight is 326 g/mol. The molecule has 1 unspecified atom stereocenters. The number of anilines is 1. The topological polar surface area (TPSA) is 70.7 Å². The Morgan fingerprint density at radius 3 is 2.91 bits per heavy atom. The van der Waals surface area contributed by atoms with Crippen LogP contribution in [-0.2, 0) is 9.59 Å². The third-order valence-corrected chi connectivity index (χ3v) is 3.84. The second-order valence-corrected chi connectivity index (χ2v) is 5.55. The van der Waals surface area contributed by atoms with Crippen molar-refractivity contribution in [2.24, 2.45) is 5.92 Å². The van der Waals surface area contributed by atoms with Gasteiger partial charge in [-0.2, -0.15) is 0 Å². The Morgan fingerprint density at radius 2 is 2.23 bits per heavy atom. The average Bonchev–Trinajstić information content (AvgIpc) is 2.89. The van der Waals surface area contributed by atoms with Crippen LogP contribution in [0.5, 0.6) is 5.75 Å². The van der Waals surface area contributed by atoms with E-state index < -0.39 is 0 Å². The molecule has 6 nitrogen and oxygen atoms in total. The molecule has 2 amide bonds. The van der Waals surface area contributed by atoms with Gasteiger partial charge in [0.05, 0.1) is 18.7 Å². The number of methoxy groups -OCH3 is 1. The maximum absolute atomic E-state index is 12.2. The Balaban J connectivity index is 2.09. The van der Waals surface area contributed by atoms with Crippen LogP contribution in [-0.4, -0.2) is 45.6 Å². The maximum Gasteiger partial charge on any atom is 0.227 e. The van der Waals surface area contributed by atoms with Gasteiger partial charge in [-0.25, -0.2) is 0 Å². The Bertz CT molecular complexity index is 565. The highest BCUT2D eigenvalue weighted by molar-refractivity contribution is 6.31. The Morgan fingerprint density at radius 1 is 1.45 bits per heavy atom. The van der Waals surface area contributed by atoms with E-state index in [4.69, 9.17) is 16.3 Å². The lowest BCUT2D eigenvalue weighted by Crippen LogP contribution is -2.36. The van der Waals surface area contributed by atoms with E-state index in [1.165, 1.54) is 7.11 Å². The molecule has 1 aromatic carbocycles. The van der Waals surface area contributed by atoms with Gasteiger partial charge < -0.3 is 20.3 Å². The molecule has 2 rings (SSSR count). The number of nitrogens with zero attached hydrogens (tertiary/aromatic N) is 1. The number of likely N-dealkylation sites (N-methyl/N-ethyl adjacent to an activating group) is 1. The maximum atomic E-state index is 12.2. The Kier molecular flexibility index (Phi) is 5.63. The molecule has 22 heavy (non-hydrogen) atoms. The lowest BCUT2D eigenvalue weighted by atomic mass is 10.1. The van der Waals surface area contributed by atoms with Gasteiger partial charge in [0, 0.05) is 31.1 Å². The molecule has 2 N–H and O–H groups in total. The van der Waals surface area contributed by atoms with Gasteiger partial charge in [0.15, 0.2) is 0 Å². The van der Waals surface area contributed by atoms with Crippen LogP contribution in [0.3, 0.4) is 0 Å². The van der Waals surface area contributed by atoms with Crippen molar-refractivity contribution in [3.8, 4) is 5.75 Å². The normalized spacial score (nSPS) is 17.7. The van der Waals surface area contributed by atoms with E-state index in [9.17, 15) is 9.59 Å². The fourth-order valence-corrected chi connectivity index (χ4v) is 2.61. The molecular formula is C15H20ClN3O3. The highest BCUT2D eigenvalue weighted by Gasteiger charge is 2.36. The molecule has 0 aliphatic carbocycles. The number of nitrogens with one attached hydrogen (secondary N) is 2. The molecule has 1 fully saturated rings. The zero-order valence-electron chi connectivity index (χ0n) is 12.7. The molecule has 1 atom stereocenters. The second-order valence-electron chi connectivity index (χ2n) is 5.12. The molecular weight excluding hydrogens is 306 g/mol. The number of ether oxygens (including phenoxy) is 1. The van der Waals surface area contributed by atoms with Crippen molar-refractivity contribution >= 4 is 29.1 Å². The van der Waals surface area contributed by atoms with E-state index in [-0.39, 0.29) is 24.2 Å². The van der Waals surface area contributed by atoms with Gasteiger partial charge >= 0.3 is 0 Å². The van der Waals surface area contributed by atoms with Gasteiger partial charge in [0.2, 0.25) is 11.8 Å². The number of carbonyl (C=O) groups excluding carboxylic acids is 2. The summed E-state index contributed by atoms with van der Waals surface area (Å²) in [6.45, 7) is 1.57. The quantitative estimate of drug-likeness (QED) is 0.767. The summed E-state index contributed by atoms with van der Waals surface area (Å²) in [5.74, 6) is 0.00321. The first-order valence-corrected chi connectivity index (χ1v) is 7.50. The number of hydrogen-bond donors (Lipinski definition) is 2. The molecule has 0 aromatic heterocycles. The van der Waals surface area contributed by atoms with Crippen LogP contribution in [0.15, 0.2) is 18.2 Å². The smallest absolute Gasteiger partial charge is 0.227 e. The molecule has 1 heterocycles. The van der Waals surface area contributed by atoms with E-state index in [0.717, 1.165) is 0 Å². The van der Waals surface area contributed by atoms with Crippen LogP contribution < -0.4 is 20.3 Å². The summed E-state index contributed by atoms with van der Waals surface area (Å²) in [5.41, 5.74) is 0.602. The molecule has 1 aromatic rings. The van der Waals surface area contributed by atoms with Crippen molar-refractivity contribution in [2.45, 2.75) is 6.42 Å². The second kappa shape index (κ2) is 7.47. The zero-order valence-corrected chi connectivity index (χ0v) is 13.4. The molecule has 0 radical (unpaired) electrons. The molecule has 0 saturated carbocycles.